The first-order valence-electron chi connectivity index (χ1n) is 16.3. The summed E-state index contributed by atoms with van der Waals surface area (Å²) in [6, 6.07) is 5.05. The fourth-order valence-electron chi connectivity index (χ4n) is 6.56. The number of piperidine rings is 1. The predicted octanol–water partition coefficient (Wildman–Crippen LogP) is 6.21. The van der Waals surface area contributed by atoms with Crippen molar-refractivity contribution in [3.8, 4) is 0 Å². The van der Waals surface area contributed by atoms with Crippen molar-refractivity contribution in [2.75, 3.05) is 43.1 Å². The first-order chi connectivity index (χ1) is 22.5. The SMILES string of the molecule is CC(Nc1ncnc2c1cc(C1CCS(O)(O)CC1)c(=O)n2CCCOCCCC=O)c1cccc(C(F)(F)C2CCNCC2)c1F. The lowest BCUT2D eigenvalue weighted by Gasteiger charge is -2.39. The largest absolute Gasteiger partial charge is 0.381 e. The van der Waals surface area contributed by atoms with Gasteiger partial charge in [-0.05, 0) is 70.5 Å². The summed E-state index contributed by atoms with van der Waals surface area (Å²) in [6.07, 6.45) is 5.04. The third-order valence-electron chi connectivity index (χ3n) is 9.28. The minimum Gasteiger partial charge on any atom is -0.381 e. The van der Waals surface area contributed by atoms with Gasteiger partial charge in [-0.25, -0.2) is 23.1 Å². The highest BCUT2D eigenvalue weighted by molar-refractivity contribution is 8.24. The van der Waals surface area contributed by atoms with Crippen LogP contribution in [0.5, 0.6) is 0 Å². The molecule has 0 radical (unpaired) electrons. The van der Waals surface area contributed by atoms with Gasteiger partial charge in [-0.3, -0.25) is 18.5 Å². The standard InChI is InChI=1S/C33H44F3N5O5S/c1-22(25-6-4-7-28(29(25)34)33(35,36)24-8-12-37-13-9-24)40-30-27-20-26(23-10-18-47(44,45)19-11-23)32(43)41(31(27)39-21-38-30)14-5-17-46-16-3-2-15-42/h4,6-7,15,20-24,37,44-45H,2-3,5,8-14,16-19H2,1H3,(H,38,39,40). The number of aryl methyl sites for hydroxylation is 1. The number of benzene rings is 1. The number of anilines is 1. The van der Waals surface area contributed by atoms with E-state index in [0.29, 0.717) is 80.8 Å². The molecular weight excluding hydrogens is 635 g/mol. The zero-order valence-corrected chi connectivity index (χ0v) is 27.4. The number of alkyl halides is 2. The smallest absolute Gasteiger partial charge is 0.278 e. The van der Waals surface area contributed by atoms with Gasteiger partial charge in [0.1, 0.15) is 29.9 Å². The number of nitrogens with one attached hydrogen (secondary N) is 2. The molecule has 2 aliphatic rings. The van der Waals surface area contributed by atoms with E-state index in [4.69, 9.17) is 4.74 Å². The van der Waals surface area contributed by atoms with Crippen molar-refractivity contribution >= 4 is 33.7 Å². The zero-order valence-electron chi connectivity index (χ0n) is 26.6. The number of ether oxygens (including phenoxy) is 1. The number of nitrogens with zero attached hydrogens (tertiary/aromatic N) is 3. The van der Waals surface area contributed by atoms with E-state index in [2.05, 4.69) is 20.6 Å². The molecule has 0 aliphatic carbocycles. The van der Waals surface area contributed by atoms with Gasteiger partial charge in [-0.2, -0.15) is 10.6 Å². The molecule has 47 heavy (non-hydrogen) atoms. The van der Waals surface area contributed by atoms with Crippen LogP contribution in [0, 0.1) is 11.7 Å². The summed E-state index contributed by atoms with van der Waals surface area (Å²) in [4.78, 5) is 33.3. The van der Waals surface area contributed by atoms with Crippen molar-refractivity contribution in [1.29, 1.82) is 0 Å². The third kappa shape index (κ3) is 8.16. The number of carbonyl (C=O) groups excluding carboxylic acids is 1. The minimum atomic E-state index is -3.32. The maximum Gasteiger partial charge on any atom is 0.278 e. The van der Waals surface area contributed by atoms with E-state index in [1.165, 1.54) is 18.5 Å². The molecule has 2 fully saturated rings. The second kappa shape index (κ2) is 15.5. The van der Waals surface area contributed by atoms with Crippen molar-refractivity contribution < 1.29 is 31.8 Å². The Bertz CT molecular complexity index is 1590. The fourth-order valence-corrected chi connectivity index (χ4v) is 8.09. The van der Waals surface area contributed by atoms with Gasteiger partial charge < -0.3 is 20.2 Å². The molecule has 0 bridgehead atoms. The molecule has 2 aliphatic heterocycles. The van der Waals surface area contributed by atoms with Crippen molar-refractivity contribution in [3.63, 3.8) is 0 Å². The molecule has 0 spiro atoms. The van der Waals surface area contributed by atoms with Crippen LogP contribution in [-0.2, 0) is 22.0 Å². The van der Waals surface area contributed by atoms with Crippen LogP contribution in [0.2, 0.25) is 0 Å². The first kappa shape index (κ1) is 35.3. The summed E-state index contributed by atoms with van der Waals surface area (Å²) in [5.41, 5.74) is 0.0747. The molecule has 10 nitrogen and oxygen atoms in total. The van der Waals surface area contributed by atoms with Crippen LogP contribution in [0.25, 0.3) is 11.0 Å². The van der Waals surface area contributed by atoms with Crippen LogP contribution in [0.15, 0.2) is 35.4 Å². The highest BCUT2D eigenvalue weighted by atomic mass is 32.3. The van der Waals surface area contributed by atoms with Crippen LogP contribution in [0.3, 0.4) is 0 Å². The number of fused-ring (bicyclic) bond motifs is 1. The summed E-state index contributed by atoms with van der Waals surface area (Å²) in [5.74, 6) is -4.73. The summed E-state index contributed by atoms with van der Waals surface area (Å²) in [5, 5.41) is 6.78. The van der Waals surface area contributed by atoms with E-state index in [-0.39, 0.29) is 47.9 Å². The Morgan fingerprint density at radius 2 is 1.87 bits per heavy atom. The molecule has 3 aromatic rings. The Balaban J connectivity index is 1.46. The van der Waals surface area contributed by atoms with Crippen molar-refractivity contribution in [3.05, 3.63) is 63.5 Å². The molecule has 258 valence electrons. The van der Waals surface area contributed by atoms with E-state index in [9.17, 15) is 18.7 Å². The van der Waals surface area contributed by atoms with Crippen LogP contribution in [0.4, 0.5) is 19.0 Å². The number of carbonyl (C=O) groups is 1. The molecule has 4 N–H and O–H groups in total. The van der Waals surface area contributed by atoms with Crippen LogP contribution in [0.1, 0.15) is 80.5 Å². The lowest BCUT2D eigenvalue weighted by molar-refractivity contribution is -0.108. The minimum absolute atomic E-state index is 0.0700. The number of hydrogen-bond acceptors (Lipinski definition) is 9. The van der Waals surface area contributed by atoms with E-state index in [1.807, 2.05) is 0 Å². The predicted molar refractivity (Wildman–Crippen MR) is 177 cm³/mol. The zero-order chi connectivity index (χ0) is 33.6. The van der Waals surface area contributed by atoms with Crippen LogP contribution < -0.4 is 16.2 Å². The van der Waals surface area contributed by atoms with E-state index in [0.717, 1.165) is 12.4 Å². The lowest BCUT2D eigenvalue weighted by atomic mass is 9.86. The van der Waals surface area contributed by atoms with E-state index in [1.54, 1.807) is 17.6 Å². The number of hydrogen-bond donors (Lipinski definition) is 4. The van der Waals surface area contributed by atoms with Gasteiger partial charge in [0.05, 0.1) is 17.0 Å². The average Bonchev–Trinajstić information content (AvgIpc) is 3.05. The van der Waals surface area contributed by atoms with Crippen LogP contribution >= 0.6 is 10.6 Å². The molecule has 1 unspecified atom stereocenters. The van der Waals surface area contributed by atoms with Crippen LogP contribution in [-0.4, -0.2) is 67.7 Å². The molecule has 1 atom stereocenters. The van der Waals surface area contributed by atoms with Gasteiger partial charge in [0.2, 0.25) is 0 Å². The van der Waals surface area contributed by atoms with Gasteiger partial charge >= 0.3 is 0 Å². The second-order valence-electron chi connectivity index (χ2n) is 12.5. The number of pyridine rings is 1. The normalized spacial score (nSPS) is 19.0. The Hall–Kier alpha value is -3.04. The third-order valence-corrected chi connectivity index (χ3v) is 11.1. The molecule has 2 saturated heterocycles. The quantitative estimate of drug-likeness (QED) is 0.116. The van der Waals surface area contributed by atoms with Gasteiger partial charge in [0, 0.05) is 54.7 Å². The fraction of sp³-hybridized carbons (Fsp3) is 0.576. The summed E-state index contributed by atoms with van der Waals surface area (Å²) >= 11 is 0. The molecule has 5 rings (SSSR count). The van der Waals surface area contributed by atoms with Gasteiger partial charge in [0.25, 0.3) is 11.5 Å². The number of aromatic nitrogens is 3. The molecule has 1 aromatic carbocycles. The molecule has 4 heterocycles. The summed E-state index contributed by atoms with van der Waals surface area (Å²) < 4.78 is 74.5. The van der Waals surface area contributed by atoms with Crippen molar-refractivity contribution in [2.24, 2.45) is 5.92 Å². The molecule has 0 amide bonds. The van der Waals surface area contributed by atoms with Gasteiger partial charge in [0.15, 0.2) is 0 Å². The molecular formula is C33H44F3N5O5S. The molecule has 0 saturated carbocycles. The highest BCUT2D eigenvalue weighted by Gasteiger charge is 2.44. The topological polar surface area (TPSA) is 139 Å². The van der Waals surface area contributed by atoms with Gasteiger partial charge in [-0.1, -0.05) is 18.2 Å². The Morgan fingerprint density at radius 3 is 2.60 bits per heavy atom. The highest BCUT2D eigenvalue weighted by Crippen LogP contribution is 2.48. The Kier molecular flexibility index (Phi) is 11.6. The van der Waals surface area contributed by atoms with E-state index < -0.39 is 39.9 Å². The maximum absolute atomic E-state index is 15.9. The monoisotopic (exact) mass is 679 g/mol. The lowest BCUT2D eigenvalue weighted by Crippen LogP contribution is -2.37. The Morgan fingerprint density at radius 1 is 1.15 bits per heavy atom. The number of unbranched alkanes of at least 4 members (excludes halogenated alkanes) is 1. The number of rotatable bonds is 14. The first-order valence-corrected chi connectivity index (χ1v) is 18.2. The number of halogens is 3. The molecule has 14 heteroatoms. The molecule has 2 aromatic heterocycles. The Labute approximate surface area is 273 Å². The van der Waals surface area contributed by atoms with Gasteiger partial charge in [-0.15, -0.1) is 0 Å². The summed E-state index contributed by atoms with van der Waals surface area (Å²) in [7, 11) is -2.67. The maximum atomic E-state index is 15.9. The van der Waals surface area contributed by atoms with E-state index >= 15 is 13.2 Å². The number of aldehydes is 1. The average molecular weight is 680 g/mol. The second-order valence-corrected chi connectivity index (χ2v) is 14.9. The van der Waals surface area contributed by atoms with Crippen molar-refractivity contribution in [1.82, 2.24) is 19.9 Å². The van der Waals surface area contributed by atoms with Crippen molar-refractivity contribution in [2.45, 2.75) is 76.3 Å². The summed E-state index contributed by atoms with van der Waals surface area (Å²) in [6.45, 7) is 3.68.